The lowest BCUT2D eigenvalue weighted by Gasteiger charge is -2.14. The van der Waals surface area contributed by atoms with Crippen LogP contribution in [0.3, 0.4) is 0 Å². The highest BCUT2D eigenvalue weighted by molar-refractivity contribution is 14.1. The van der Waals surface area contributed by atoms with Gasteiger partial charge in [-0.1, -0.05) is 6.07 Å². The van der Waals surface area contributed by atoms with Crippen molar-refractivity contribution < 1.29 is 4.42 Å². The number of benzene rings is 1. The molecule has 1 aromatic carbocycles. The van der Waals surface area contributed by atoms with Crippen LogP contribution in [-0.4, -0.2) is 6.04 Å². The van der Waals surface area contributed by atoms with Crippen molar-refractivity contribution >= 4 is 28.3 Å². The van der Waals surface area contributed by atoms with E-state index in [9.17, 15) is 0 Å². The Hall–Kier alpha value is -0.970. The monoisotopic (exact) mass is 341 g/mol. The molecule has 0 aliphatic heterocycles. The minimum absolute atomic E-state index is 0.361. The van der Waals surface area contributed by atoms with Crippen molar-refractivity contribution in [3.8, 4) is 0 Å². The van der Waals surface area contributed by atoms with Crippen molar-refractivity contribution in [3.63, 3.8) is 0 Å². The Bertz CT molecular complexity index is 479. The maximum Gasteiger partial charge on any atom is 0.105 e. The van der Waals surface area contributed by atoms with Crippen LogP contribution in [0, 0.1) is 10.5 Å². The zero-order valence-corrected chi connectivity index (χ0v) is 12.2. The van der Waals surface area contributed by atoms with Gasteiger partial charge in [0.1, 0.15) is 5.76 Å². The first kappa shape index (κ1) is 12.5. The standard InChI is InChI=1S/C14H16INO/c1-10-5-6-12(9-14(10)15)16-11(2)8-13-4-3-7-17-13/h3-7,9,11,16H,8H2,1-2H3. The molecular weight excluding hydrogens is 325 g/mol. The second-order valence-corrected chi connectivity index (χ2v) is 5.46. The Morgan fingerprint density at radius 2 is 2.18 bits per heavy atom. The summed E-state index contributed by atoms with van der Waals surface area (Å²) in [4.78, 5) is 0. The molecule has 0 fully saturated rings. The first-order valence-electron chi connectivity index (χ1n) is 5.70. The Balaban J connectivity index is 1.98. The summed E-state index contributed by atoms with van der Waals surface area (Å²) >= 11 is 2.36. The highest BCUT2D eigenvalue weighted by Crippen LogP contribution is 2.18. The molecule has 1 heterocycles. The van der Waals surface area contributed by atoms with Crippen molar-refractivity contribution in [2.24, 2.45) is 0 Å². The number of hydrogen-bond acceptors (Lipinski definition) is 2. The van der Waals surface area contributed by atoms with Gasteiger partial charge < -0.3 is 9.73 Å². The largest absolute Gasteiger partial charge is 0.469 e. The zero-order chi connectivity index (χ0) is 12.3. The van der Waals surface area contributed by atoms with Crippen LogP contribution in [0.25, 0.3) is 0 Å². The summed E-state index contributed by atoms with van der Waals surface area (Å²) < 4.78 is 6.63. The molecule has 2 rings (SSSR count). The van der Waals surface area contributed by atoms with Gasteiger partial charge in [0.15, 0.2) is 0 Å². The number of halogens is 1. The lowest BCUT2D eigenvalue weighted by atomic mass is 10.1. The Labute approximate surface area is 116 Å². The van der Waals surface area contributed by atoms with Crippen molar-refractivity contribution in [2.75, 3.05) is 5.32 Å². The fraction of sp³-hybridized carbons (Fsp3) is 0.286. The average Bonchev–Trinajstić information content (AvgIpc) is 2.76. The Kier molecular flexibility index (Phi) is 4.10. The second kappa shape index (κ2) is 5.58. The van der Waals surface area contributed by atoms with Crippen LogP contribution in [0.4, 0.5) is 5.69 Å². The molecule has 1 N–H and O–H groups in total. The predicted molar refractivity (Wildman–Crippen MR) is 79.4 cm³/mol. The maximum absolute atomic E-state index is 5.34. The van der Waals surface area contributed by atoms with Crippen LogP contribution in [-0.2, 0) is 6.42 Å². The summed E-state index contributed by atoms with van der Waals surface area (Å²) in [5.74, 6) is 1.02. The third-order valence-electron chi connectivity index (χ3n) is 2.67. The van der Waals surface area contributed by atoms with Gasteiger partial charge in [-0.05, 0) is 66.3 Å². The lowest BCUT2D eigenvalue weighted by Crippen LogP contribution is -2.17. The van der Waals surface area contributed by atoms with Crippen molar-refractivity contribution in [1.29, 1.82) is 0 Å². The summed E-state index contributed by atoms with van der Waals surface area (Å²) in [7, 11) is 0. The predicted octanol–water partition coefficient (Wildman–Crippen LogP) is 4.24. The van der Waals surface area contributed by atoms with Gasteiger partial charge in [0.25, 0.3) is 0 Å². The normalized spacial score (nSPS) is 12.4. The SMILES string of the molecule is Cc1ccc(NC(C)Cc2ccco2)cc1I. The zero-order valence-electron chi connectivity index (χ0n) is 10.0. The molecule has 0 radical (unpaired) electrons. The number of rotatable bonds is 4. The van der Waals surface area contributed by atoms with E-state index in [4.69, 9.17) is 4.42 Å². The molecular formula is C14H16INO. The smallest absolute Gasteiger partial charge is 0.105 e. The van der Waals surface area contributed by atoms with Crippen molar-refractivity contribution in [1.82, 2.24) is 0 Å². The Morgan fingerprint density at radius 3 is 2.82 bits per heavy atom. The summed E-state index contributed by atoms with van der Waals surface area (Å²) in [6, 6.07) is 10.7. The molecule has 1 atom stereocenters. The summed E-state index contributed by atoms with van der Waals surface area (Å²) in [5, 5.41) is 3.48. The first-order chi connectivity index (χ1) is 8.15. The van der Waals surface area contributed by atoms with E-state index in [1.165, 1.54) is 14.8 Å². The lowest BCUT2D eigenvalue weighted by molar-refractivity contribution is 0.498. The van der Waals surface area contributed by atoms with Crippen LogP contribution < -0.4 is 5.32 Å². The fourth-order valence-corrected chi connectivity index (χ4v) is 2.26. The van der Waals surface area contributed by atoms with Crippen LogP contribution in [0.5, 0.6) is 0 Å². The summed E-state index contributed by atoms with van der Waals surface area (Å²) in [5.41, 5.74) is 2.48. The van der Waals surface area contributed by atoms with Crippen LogP contribution in [0.1, 0.15) is 18.2 Å². The third kappa shape index (κ3) is 3.49. The van der Waals surface area contributed by atoms with E-state index in [0.717, 1.165) is 12.2 Å². The molecule has 1 unspecified atom stereocenters. The van der Waals surface area contributed by atoms with Gasteiger partial charge >= 0.3 is 0 Å². The molecule has 0 saturated carbocycles. The van der Waals surface area contributed by atoms with E-state index < -0.39 is 0 Å². The third-order valence-corrected chi connectivity index (χ3v) is 3.83. The van der Waals surface area contributed by atoms with Gasteiger partial charge in [-0.15, -0.1) is 0 Å². The van der Waals surface area contributed by atoms with Crippen LogP contribution in [0.15, 0.2) is 41.0 Å². The van der Waals surface area contributed by atoms with Crippen molar-refractivity contribution in [2.45, 2.75) is 26.3 Å². The van der Waals surface area contributed by atoms with Gasteiger partial charge in [0.05, 0.1) is 6.26 Å². The highest BCUT2D eigenvalue weighted by Gasteiger charge is 2.06. The number of nitrogens with one attached hydrogen (secondary N) is 1. The summed E-state index contributed by atoms with van der Waals surface area (Å²) in [6.45, 7) is 4.28. The van der Waals surface area contributed by atoms with Crippen LogP contribution >= 0.6 is 22.6 Å². The minimum atomic E-state index is 0.361. The van der Waals surface area contributed by atoms with E-state index in [-0.39, 0.29) is 0 Å². The Morgan fingerprint density at radius 1 is 1.35 bits per heavy atom. The molecule has 0 aliphatic rings. The van der Waals surface area contributed by atoms with Gasteiger partial charge in [-0.25, -0.2) is 0 Å². The van der Waals surface area contributed by atoms with Gasteiger partial charge in [-0.3, -0.25) is 0 Å². The highest BCUT2D eigenvalue weighted by atomic mass is 127. The molecule has 0 spiro atoms. The molecule has 2 nitrogen and oxygen atoms in total. The van der Waals surface area contributed by atoms with Gasteiger partial charge in [0, 0.05) is 21.7 Å². The minimum Gasteiger partial charge on any atom is -0.469 e. The van der Waals surface area contributed by atoms with E-state index in [0.29, 0.717) is 6.04 Å². The summed E-state index contributed by atoms with van der Waals surface area (Å²) in [6.07, 6.45) is 2.62. The number of anilines is 1. The van der Waals surface area contributed by atoms with E-state index in [1.54, 1.807) is 6.26 Å². The molecule has 2 aromatic rings. The van der Waals surface area contributed by atoms with E-state index >= 15 is 0 Å². The average molecular weight is 341 g/mol. The molecule has 0 saturated heterocycles. The fourth-order valence-electron chi connectivity index (χ4n) is 1.75. The van der Waals surface area contributed by atoms with Crippen molar-refractivity contribution in [3.05, 3.63) is 51.5 Å². The number of aryl methyl sites for hydroxylation is 1. The number of hydrogen-bond donors (Lipinski definition) is 1. The second-order valence-electron chi connectivity index (χ2n) is 4.29. The van der Waals surface area contributed by atoms with E-state index in [2.05, 4.69) is 60.0 Å². The molecule has 0 aliphatic carbocycles. The van der Waals surface area contributed by atoms with Gasteiger partial charge in [-0.2, -0.15) is 0 Å². The molecule has 0 bridgehead atoms. The molecule has 90 valence electrons. The first-order valence-corrected chi connectivity index (χ1v) is 6.78. The van der Waals surface area contributed by atoms with Crippen LogP contribution in [0.2, 0.25) is 0 Å². The molecule has 17 heavy (non-hydrogen) atoms. The van der Waals surface area contributed by atoms with Gasteiger partial charge in [0.2, 0.25) is 0 Å². The van der Waals surface area contributed by atoms with E-state index in [1.807, 2.05) is 12.1 Å². The molecule has 0 amide bonds. The topological polar surface area (TPSA) is 25.2 Å². The quantitative estimate of drug-likeness (QED) is 0.842. The molecule has 1 aromatic heterocycles. The number of furan rings is 1. The maximum atomic E-state index is 5.34. The molecule has 3 heteroatoms.